The average molecular weight is 479 g/mol. The van der Waals surface area contributed by atoms with Gasteiger partial charge in [-0.05, 0) is 78.5 Å². The smallest absolute Gasteiger partial charge is 0.235 e. The van der Waals surface area contributed by atoms with Crippen LogP contribution in [0.1, 0.15) is 42.5 Å². The molecule has 3 aromatic carbocycles. The summed E-state index contributed by atoms with van der Waals surface area (Å²) in [5.41, 5.74) is 8.93. The summed E-state index contributed by atoms with van der Waals surface area (Å²) in [5, 5.41) is 13.1. The summed E-state index contributed by atoms with van der Waals surface area (Å²) < 4.78 is 34.0. The zero-order valence-corrected chi connectivity index (χ0v) is 20.1. The van der Waals surface area contributed by atoms with E-state index in [4.69, 9.17) is 15.9 Å². The lowest BCUT2D eigenvalue weighted by atomic mass is 9.98. The number of benzene rings is 3. The van der Waals surface area contributed by atoms with Gasteiger partial charge >= 0.3 is 0 Å². The van der Waals surface area contributed by atoms with Crippen LogP contribution in [0, 0.1) is 5.41 Å². The molecule has 3 aromatic rings. The SMILES string of the molecule is CCS(=O)(=O)N1c2ccc(OC[C@@H]3CCCN3)cc2C[C@@H]1c1ccc2ccc(C(=N)N)cc2c1. The van der Waals surface area contributed by atoms with Crippen molar-refractivity contribution in [3.05, 3.63) is 71.3 Å². The van der Waals surface area contributed by atoms with E-state index in [0.717, 1.165) is 46.3 Å². The number of ether oxygens (including phenoxy) is 1. The van der Waals surface area contributed by atoms with E-state index < -0.39 is 10.0 Å². The minimum Gasteiger partial charge on any atom is -0.492 e. The lowest BCUT2D eigenvalue weighted by molar-refractivity contribution is 0.277. The second-order valence-electron chi connectivity index (χ2n) is 9.05. The van der Waals surface area contributed by atoms with Gasteiger partial charge in [0.15, 0.2) is 0 Å². The van der Waals surface area contributed by atoms with E-state index >= 15 is 0 Å². The number of sulfonamides is 1. The first-order chi connectivity index (χ1) is 16.4. The van der Waals surface area contributed by atoms with E-state index in [1.165, 1.54) is 6.42 Å². The molecule has 1 saturated heterocycles. The minimum absolute atomic E-state index is 0.0103. The molecule has 4 N–H and O–H groups in total. The Balaban J connectivity index is 1.49. The molecule has 2 aliphatic rings. The molecule has 5 rings (SSSR count). The Morgan fingerprint density at radius 1 is 1.15 bits per heavy atom. The molecule has 0 aromatic heterocycles. The van der Waals surface area contributed by atoms with Crippen molar-refractivity contribution in [2.45, 2.75) is 38.3 Å². The Morgan fingerprint density at radius 2 is 1.97 bits per heavy atom. The van der Waals surface area contributed by atoms with Crippen LogP contribution in [0.5, 0.6) is 5.75 Å². The summed E-state index contributed by atoms with van der Waals surface area (Å²) in [5.74, 6) is 0.805. The maximum atomic E-state index is 13.2. The highest BCUT2D eigenvalue weighted by atomic mass is 32.2. The van der Waals surface area contributed by atoms with Gasteiger partial charge in [-0.15, -0.1) is 0 Å². The second-order valence-corrected chi connectivity index (χ2v) is 11.2. The molecule has 34 heavy (non-hydrogen) atoms. The van der Waals surface area contributed by atoms with E-state index in [1.54, 1.807) is 11.2 Å². The number of nitrogens with one attached hydrogen (secondary N) is 2. The lowest BCUT2D eigenvalue weighted by Gasteiger charge is -2.27. The first kappa shape index (κ1) is 22.7. The van der Waals surface area contributed by atoms with Crippen molar-refractivity contribution in [2.24, 2.45) is 5.73 Å². The third-order valence-corrected chi connectivity index (χ3v) is 8.60. The van der Waals surface area contributed by atoms with Crippen LogP contribution < -0.4 is 20.1 Å². The molecule has 178 valence electrons. The van der Waals surface area contributed by atoms with E-state index in [-0.39, 0.29) is 17.6 Å². The number of anilines is 1. The second kappa shape index (κ2) is 8.92. The molecule has 2 aliphatic heterocycles. The maximum absolute atomic E-state index is 13.2. The van der Waals surface area contributed by atoms with Crippen LogP contribution in [0.4, 0.5) is 5.69 Å². The highest BCUT2D eigenvalue weighted by Crippen LogP contribution is 2.44. The topological polar surface area (TPSA) is 109 Å². The van der Waals surface area contributed by atoms with Crippen molar-refractivity contribution < 1.29 is 13.2 Å². The number of nitrogens with zero attached hydrogens (tertiary/aromatic N) is 1. The number of nitrogens with two attached hydrogens (primary N) is 1. The summed E-state index contributed by atoms with van der Waals surface area (Å²) in [6.07, 6.45) is 2.86. The van der Waals surface area contributed by atoms with Gasteiger partial charge in [0.05, 0.1) is 17.5 Å². The maximum Gasteiger partial charge on any atom is 0.235 e. The fourth-order valence-electron chi connectivity index (χ4n) is 4.96. The molecule has 8 heteroatoms. The summed E-state index contributed by atoms with van der Waals surface area (Å²) >= 11 is 0. The van der Waals surface area contributed by atoms with Crippen molar-refractivity contribution in [1.82, 2.24) is 5.32 Å². The first-order valence-electron chi connectivity index (χ1n) is 11.7. The molecular weight excluding hydrogens is 448 g/mol. The fraction of sp³-hybridized carbons (Fsp3) is 0.346. The number of hydrogen-bond donors (Lipinski definition) is 3. The zero-order chi connectivity index (χ0) is 23.9. The third kappa shape index (κ3) is 4.23. The molecule has 2 atom stereocenters. The van der Waals surface area contributed by atoms with Crippen LogP contribution in [-0.4, -0.2) is 39.2 Å². The molecule has 0 saturated carbocycles. The molecule has 0 amide bonds. The number of nitrogen functional groups attached to an aromatic ring is 1. The number of rotatable bonds is 7. The highest BCUT2D eigenvalue weighted by Gasteiger charge is 2.38. The van der Waals surface area contributed by atoms with Crippen molar-refractivity contribution >= 4 is 32.3 Å². The molecule has 0 unspecified atom stereocenters. The summed E-state index contributed by atoms with van der Waals surface area (Å²) in [4.78, 5) is 0. The summed E-state index contributed by atoms with van der Waals surface area (Å²) in [6.45, 7) is 3.32. The van der Waals surface area contributed by atoms with Gasteiger partial charge in [-0.2, -0.15) is 0 Å². The lowest BCUT2D eigenvalue weighted by Crippen LogP contribution is -2.33. The Kier molecular flexibility index (Phi) is 5.95. The van der Waals surface area contributed by atoms with E-state index in [2.05, 4.69) is 5.32 Å². The average Bonchev–Trinajstić information content (AvgIpc) is 3.49. The normalized spacial score (nSPS) is 20.0. The van der Waals surface area contributed by atoms with Crippen molar-refractivity contribution in [2.75, 3.05) is 23.2 Å². The summed E-state index contributed by atoms with van der Waals surface area (Å²) in [6, 6.07) is 17.4. The number of fused-ring (bicyclic) bond motifs is 2. The van der Waals surface area contributed by atoms with Crippen LogP contribution in [-0.2, 0) is 16.4 Å². The molecule has 2 heterocycles. The van der Waals surface area contributed by atoms with E-state index in [0.29, 0.717) is 24.6 Å². The number of hydrogen-bond acceptors (Lipinski definition) is 5. The monoisotopic (exact) mass is 478 g/mol. The standard InChI is InChI=1S/C26H30N4O3S/c1-2-34(31,32)30-24-10-9-23(33-16-22-4-3-11-29-22)14-21(24)15-25(30)18-7-5-17-6-8-19(26(27)28)13-20(17)12-18/h5-10,12-14,22,25,29H,2-4,11,15-16H2,1H3,(H3,27,28)/t22-,25+/m0/s1. The van der Waals surface area contributed by atoms with E-state index in [9.17, 15) is 8.42 Å². The van der Waals surface area contributed by atoms with Crippen molar-refractivity contribution in [3.8, 4) is 5.75 Å². The minimum atomic E-state index is -3.49. The molecule has 1 fully saturated rings. The molecule has 0 aliphatic carbocycles. The van der Waals surface area contributed by atoms with Crippen molar-refractivity contribution in [3.63, 3.8) is 0 Å². The predicted molar refractivity (Wildman–Crippen MR) is 136 cm³/mol. The Hall–Kier alpha value is -3.10. The molecule has 0 bridgehead atoms. The van der Waals surface area contributed by atoms with Crippen molar-refractivity contribution in [1.29, 1.82) is 5.41 Å². The number of amidine groups is 1. The van der Waals surface area contributed by atoms with Gasteiger partial charge in [0.1, 0.15) is 18.2 Å². The Morgan fingerprint density at radius 3 is 2.71 bits per heavy atom. The van der Waals surface area contributed by atoms with Gasteiger partial charge in [-0.25, -0.2) is 8.42 Å². The van der Waals surface area contributed by atoms with Gasteiger partial charge in [-0.3, -0.25) is 9.71 Å². The third-order valence-electron chi connectivity index (χ3n) is 6.82. The molecular formula is C26H30N4O3S. The van der Waals surface area contributed by atoms with Gasteiger partial charge in [-0.1, -0.05) is 24.3 Å². The van der Waals surface area contributed by atoms with Crippen LogP contribution in [0.2, 0.25) is 0 Å². The van der Waals surface area contributed by atoms with Crippen LogP contribution in [0.3, 0.4) is 0 Å². The van der Waals surface area contributed by atoms with Gasteiger partial charge in [0.25, 0.3) is 0 Å². The molecule has 0 spiro atoms. The largest absolute Gasteiger partial charge is 0.492 e. The fourth-order valence-corrected chi connectivity index (χ4v) is 6.30. The van der Waals surface area contributed by atoms with Gasteiger partial charge < -0.3 is 15.8 Å². The molecule has 7 nitrogen and oxygen atoms in total. The first-order valence-corrected chi connectivity index (χ1v) is 13.4. The summed E-state index contributed by atoms with van der Waals surface area (Å²) in [7, 11) is -3.49. The highest BCUT2D eigenvalue weighted by molar-refractivity contribution is 7.92. The Labute approximate surface area is 200 Å². The van der Waals surface area contributed by atoms with E-state index in [1.807, 2.05) is 54.6 Å². The van der Waals surface area contributed by atoms with Crippen LogP contribution in [0.15, 0.2) is 54.6 Å². The molecule has 0 radical (unpaired) electrons. The quantitative estimate of drug-likeness (QED) is 0.354. The van der Waals surface area contributed by atoms with Crippen LogP contribution in [0.25, 0.3) is 10.8 Å². The van der Waals surface area contributed by atoms with Gasteiger partial charge in [0, 0.05) is 18.0 Å². The predicted octanol–water partition coefficient (Wildman–Crippen LogP) is 3.71. The van der Waals surface area contributed by atoms with Gasteiger partial charge in [0.2, 0.25) is 10.0 Å². The Bertz CT molecular complexity index is 1350. The van der Waals surface area contributed by atoms with Crippen LogP contribution >= 0.6 is 0 Å². The zero-order valence-electron chi connectivity index (χ0n) is 19.3.